The third kappa shape index (κ3) is 21.6. The van der Waals surface area contributed by atoms with Crippen LogP contribution >= 0.6 is 0 Å². The van der Waals surface area contributed by atoms with Crippen LogP contribution in [-0.2, 0) is 14.3 Å². The summed E-state index contributed by atoms with van der Waals surface area (Å²) in [4.78, 5) is 12.8. The van der Waals surface area contributed by atoms with Gasteiger partial charge >= 0.3 is 0 Å². The van der Waals surface area contributed by atoms with Crippen LogP contribution in [0.2, 0.25) is 0 Å². The van der Waals surface area contributed by atoms with Gasteiger partial charge in [0, 0.05) is 38.7 Å². The van der Waals surface area contributed by atoms with Crippen LogP contribution in [0.3, 0.4) is 0 Å². The predicted molar refractivity (Wildman–Crippen MR) is 146 cm³/mol. The van der Waals surface area contributed by atoms with Gasteiger partial charge in [-0.05, 0) is 30.7 Å². The average Bonchev–Trinajstić information content (AvgIpc) is 2.88. The van der Waals surface area contributed by atoms with E-state index in [0.717, 1.165) is 24.3 Å². The molecule has 1 aliphatic carbocycles. The summed E-state index contributed by atoms with van der Waals surface area (Å²) < 4.78 is 15.7. The van der Waals surface area contributed by atoms with E-state index in [0.29, 0.717) is 12.8 Å². The zero-order chi connectivity index (χ0) is 27.5. The normalized spacial score (nSPS) is 14.8. The quantitative estimate of drug-likeness (QED) is 0.301. The maximum absolute atomic E-state index is 11.3. The molecule has 0 saturated heterocycles. The third-order valence-corrected chi connectivity index (χ3v) is 3.86. The lowest BCUT2D eigenvalue weighted by molar-refractivity contribution is -0.133. The number of carbonyl (C=O) groups is 1. The Kier molecular flexibility index (Phi) is 29.0. The molecule has 0 aliphatic heterocycles. The first-order valence-electron chi connectivity index (χ1n) is 12.7. The lowest BCUT2D eigenvalue weighted by Gasteiger charge is -2.31. The molecule has 7 nitrogen and oxygen atoms in total. The Hall–Kier alpha value is -2.69. The minimum Gasteiger partial charge on any atom is -0.500 e. The number of nitrogens with zero attached hydrogens (tertiary/aromatic N) is 1. The molecule has 0 aromatic heterocycles. The fourth-order valence-corrected chi connectivity index (χ4v) is 2.14. The molecule has 2 rings (SSSR count). The largest absolute Gasteiger partial charge is 0.500 e. The molecule has 0 unspecified atom stereocenters. The van der Waals surface area contributed by atoms with Crippen LogP contribution in [0, 0.1) is 11.8 Å². The minimum absolute atomic E-state index is 0.0434. The van der Waals surface area contributed by atoms with Crippen molar-refractivity contribution >= 4 is 5.91 Å². The van der Waals surface area contributed by atoms with Crippen molar-refractivity contribution in [2.24, 2.45) is 5.73 Å². The van der Waals surface area contributed by atoms with Crippen molar-refractivity contribution in [2.75, 3.05) is 33.9 Å². The molecule has 0 spiro atoms. The van der Waals surface area contributed by atoms with E-state index < -0.39 is 0 Å². The van der Waals surface area contributed by atoms with Crippen molar-refractivity contribution in [3.8, 4) is 17.6 Å². The second-order valence-corrected chi connectivity index (χ2v) is 6.67. The highest BCUT2D eigenvalue weighted by atomic mass is 16.5. The van der Waals surface area contributed by atoms with E-state index in [9.17, 15) is 9.90 Å². The van der Waals surface area contributed by atoms with E-state index in [-0.39, 0.29) is 31.3 Å². The number of aliphatic hydroxyl groups excluding tert-OH is 1. The molecular weight excluding hydrogens is 444 g/mol. The molecule has 7 heteroatoms. The highest BCUT2D eigenvalue weighted by Crippen LogP contribution is 2.25. The Labute approximate surface area is 214 Å². The van der Waals surface area contributed by atoms with Gasteiger partial charge in [-0.3, -0.25) is 4.79 Å². The summed E-state index contributed by atoms with van der Waals surface area (Å²) >= 11 is 0. The van der Waals surface area contributed by atoms with Gasteiger partial charge in [0.15, 0.2) is 0 Å². The summed E-state index contributed by atoms with van der Waals surface area (Å²) in [6.45, 7) is 15.1. The summed E-state index contributed by atoms with van der Waals surface area (Å²) in [7, 11) is 3.37. The number of benzene rings is 1. The van der Waals surface area contributed by atoms with Gasteiger partial charge in [-0.15, -0.1) is 0 Å². The second kappa shape index (κ2) is 27.6. The summed E-state index contributed by atoms with van der Waals surface area (Å²) in [5, 5.41) is 9.21. The van der Waals surface area contributed by atoms with Gasteiger partial charge in [0.2, 0.25) is 5.91 Å². The summed E-state index contributed by atoms with van der Waals surface area (Å²) in [6.07, 6.45) is 5.21. The van der Waals surface area contributed by atoms with E-state index in [1.807, 2.05) is 72.7 Å². The zero-order valence-corrected chi connectivity index (χ0v) is 23.5. The van der Waals surface area contributed by atoms with Gasteiger partial charge < -0.3 is 30.0 Å². The second-order valence-electron chi connectivity index (χ2n) is 6.67. The molecule has 1 aromatic rings. The number of ether oxygens (including phenoxy) is 3. The number of aliphatic hydroxyl groups is 1. The maximum atomic E-state index is 11.3. The lowest BCUT2D eigenvalue weighted by Crippen LogP contribution is -2.37. The van der Waals surface area contributed by atoms with Crippen molar-refractivity contribution in [3.63, 3.8) is 0 Å². The van der Waals surface area contributed by atoms with Crippen LogP contribution < -0.4 is 10.5 Å². The Morgan fingerprint density at radius 3 is 2.14 bits per heavy atom. The number of nitrogens with two attached hydrogens (primary N) is 1. The minimum atomic E-state index is -0.213. The van der Waals surface area contributed by atoms with Crippen LogP contribution in [0.5, 0.6) is 5.75 Å². The molecule has 1 aromatic carbocycles. The van der Waals surface area contributed by atoms with E-state index in [1.165, 1.54) is 17.4 Å². The molecule has 35 heavy (non-hydrogen) atoms. The maximum Gasteiger partial charge on any atom is 0.248 e. The molecule has 0 radical (unpaired) electrons. The van der Waals surface area contributed by atoms with Crippen LogP contribution in [0.1, 0.15) is 73.3 Å². The molecule has 1 aliphatic rings. The van der Waals surface area contributed by atoms with Gasteiger partial charge in [-0.2, -0.15) is 0 Å². The molecule has 0 bridgehead atoms. The van der Waals surface area contributed by atoms with E-state index in [2.05, 4.69) is 11.8 Å². The predicted octanol–water partition coefficient (Wildman–Crippen LogP) is 4.97. The number of carbonyl (C=O) groups excluding carboxylic acids is 1. The Morgan fingerprint density at radius 1 is 1.11 bits per heavy atom. The van der Waals surface area contributed by atoms with Gasteiger partial charge in [-0.25, -0.2) is 0 Å². The standard InChI is InChI=1S/C17H21NO4.C5H11NO.3C2H6/c1-18(2)17(20)12-21-9-3-4-13-5-7-15(8-6-13)22-16-10-14(19)11-16;1-2-4-7-5-3-6;3*1-2/h5-8,14,16,19H,9-12H2,1-2H3;3,5H,2,4,6H2,1H3;3*1-2H3/b;5-3+;;;. The van der Waals surface area contributed by atoms with Crippen molar-refractivity contribution in [1.29, 1.82) is 0 Å². The number of hydrogen-bond acceptors (Lipinski definition) is 6. The number of hydrogen-bond donors (Lipinski definition) is 2. The molecular formula is C28H50N2O5. The van der Waals surface area contributed by atoms with Crippen molar-refractivity contribution < 1.29 is 24.1 Å². The molecule has 1 saturated carbocycles. The number of likely N-dealkylation sites (N-methyl/N-ethyl adjacent to an activating group) is 1. The van der Waals surface area contributed by atoms with Crippen molar-refractivity contribution in [1.82, 2.24) is 4.90 Å². The first kappa shape index (κ1) is 36.9. The van der Waals surface area contributed by atoms with Gasteiger partial charge in [0.25, 0.3) is 0 Å². The van der Waals surface area contributed by atoms with Crippen LogP contribution in [0.25, 0.3) is 0 Å². The first-order chi connectivity index (χ1) is 17.0. The van der Waals surface area contributed by atoms with E-state index >= 15 is 0 Å². The highest BCUT2D eigenvalue weighted by molar-refractivity contribution is 5.76. The van der Waals surface area contributed by atoms with E-state index in [4.69, 9.17) is 19.9 Å². The molecule has 0 heterocycles. The van der Waals surface area contributed by atoms with Gasteiger partial charge in [-0.1, -0.05) is 60.3 Å². The summed E-state index contributed by atoms with van der Waals surface area (Å²) in [6, 6.07) is 7.49. The average molecular weight is 495 g/mol. The Bertz CT molecular complexity index is 673. The third-order valence-electron chi connectivity index (χ3n) is 3.86. The Morgan fingerprint density at radius 2 is 1.69 bits per heavy atom. The monoisotopic (exact) mass is 494 g/mol. The van der Waals surface area contributed by atoms with Crippen molar-refractivity contribution in [3.05, 3.63) is 42.3 Å². The molecule has 3 N–H and O–H groups in total. The molecule has 0 atom stereocenters. The fraction of sp³-hybridized carbons (Fsp3) is 0.607. The molecule has 1 amide bonds. The first-order valence-corrected chi connectivity index (χ1v) is 12.7. The van der Waals surface area contributed by atoms with Gasteiger partial charge in [0.05, 0.1) is 19.0 Å². The van der Waals surface area contributed by atoms with Crippen LogP contribution in [0.15, 0.2) is 36.7 Å². The number of amides is 1. The van der Waals surface area contributed by atoms with E-state index in [1.54, 1.807) is 14.1 Å². The summed E-state index contributed by atoms with van der Waals surface area (Å²) in [5.41, 5.74) is 5.83. The smallest absolute Gasteiger partial charge is 0.248 e. The summed E-state index contributed by atoms with van der Waals surface area (Å²) in [5.74, 6) is 6.54. The topological polar surface area (TPSA) is 94.3 Å². The van der Waals surface area contributed by atoms with Crippen molar-refractivity contribution in [2.45, 2.75) is 79.9 Å². The zero-order valence-electron chi connectivity index (χ0n) is 23.5. The number of rotatable bonds is 8. The highest BCUT2D eigenvalue weighted by Gasteiger charge is 2.28. The SMILES string of the molecule is CC.CC.CC.CCCO/C=C/N.CN(C)C(=O)COCC#Cc1ccc(OC2CC(O)C2)cc1. The molecule has 202 valence electrons. The molecule has 1 fully saturated rings. The van der Waals surface area contributed by atoms with Crippen LogP contribution in [-0.4, -0.2) is 62.0 Å². The Balaban J connectivity index is -0.000000664. The van der Waals surface area contributed by atoms with Gasteiger partial charge in [0.1, 0.15) is 25.1 Å². The fourth-order valence-electron chi connectivity index (χ4n) is 2.14. The lowest BCUT2D eigenvalue weighted by atomic mass is 9.92. The van der Waals surface area contributed by atoms with Crippen LogP contribution in [0.4, 0.5) is 0 Å².